The minimum atomic E-state index is -0.441. The minimum Gasteiger partial charge on any atom is -0.504 e. The standard InChI is InChI=1S/C21H24O3/c1-21(2,3)14-10-8-13(9-11-14)12-17-18(22)15-6-4-5-7-16(15)19(23)20(17)24/h4-8,14,24H,9-12H2,1-3H3. The SMILES string of the molecule is CC(C)(C)C1CC=C(CC2=C(O)C(=O)c3ccccc3C2=O)CC1. The summed E-state index contributed by atoms with van der Waals surface area (Å²) in [6.45, 7) is 6.77. The number of aliphatic hydroxyl groups is 1. The van der Waals surface area contributed by atoms with Gasteiger partial charge in [0.1, 0.15) is 0 Å². The molecule has 0 saturated heterocycles. The summed E-state index contributed by atoms with van der Waals surface area (Å²) in [7, 11) is 0. The highest BCUT2D eigenvalue weighted by Gasteiger charge is 2.33. The summed E-state index contributed by atoms with van der Waals surface area (Å²) in [5, 5.41) is 10.2. The van der Waals surface area contributed by atoms with E-state index < -0.39 is 5.78 Å². The maximum Gasteiger partial charge on any atom is 0.228 e. The lowest BCUT2D eigenvalue weighted by atomic mass is 9.72. The fraction of sp³-hybridized carbons (Fsp3) is 0.429. The van der Waals surface area contributed by atoms with E-state index in [0.29, 0.717) is 23.5 Å². The lowest BCUT2D eigenvalue weighted by Gasteiger charge is -2.33. The fourth-order valence-corrected chi connectivity index (χ4v) is 3.64. The van der Waals surface area contributed by atoms with E-state index in [1.54, 1.807) is 24.3 Å². The second kappa shape index (κ2) is 6.04. The van der Waals surface area contributed by atoms with Gasteiger partial charge in [-0.15, -0.1) is 0 Å². The summed E-state index contributed by atoms with van der Waals surface area (Å²) < 4.78 is 0. The molecular formula is C21H24O3. The zero-order chi connectivity index (χ0) is 17.5. The Morgan fingerprint density at radius 1 is 1.08 bits per heavy atom. The van der Waals surface area contributed by atoms with E-state index in [9.17, 15) is 14.7 Å². The first-order chi connectivity index (χ1) is 11.3. The molecule has 0 fully saturated rings. The number of carbonyl (C=O) groups excluding carboxylic acids is 2. The molecule has 0 bridgehead atoms. The molecule has 24 heavy (non-hydrogen) atoms. The van der Waals surface area contributed by atoms with Gasteiger partial charge < -0.3 is 5.11 Å². The number of benzene rings is 1. The van der Waals surface area contributed by atoms with E-state index >= 15 is 0 Å². The van der Waals surface area contributed by atoms with Crippen molar-refractivity contribution in [3.05, 3.63) is 58.4 Å². The molecule has 1 N–H and O–H groups in total. The number of Topliss-reactive ketones (excluding diaryl/α,β-unsaturated/α-hetero) is 2. The molecule has 0 spiro atoms. The van der Waals surface area contributed by atoms with Crippen molar-refractivity contribution in [3.8, 4) is 0 Å². The number of hydrogen-bond acceptors (Lipinski definition) is 3. The Bertz CT molecular complexity index is 760. The lowest BCUT2D eigenvalue weighted by molar-refractivity contribution is 0.0927. The van der Waals surface area contributed by atoms with Crippen LogP contribution in [-0.2, 0) is 0 Å². The fourth-order valence-electron chi connectivity index (χ4n) is 3.64. The predicted molar refractivity (Wildman–Crippen MR) is 94.3 cm³/mol. The molecule has 126 valence electrons. The number of carbonyl (C=O) groups is 2. The molecule has 0 amide bonds. The summed E-state index contributed by atoms with van der Waals surface area (Å²) in [5.41, 5.74) is 2.38. The molecule has 1 aromatic carbocycles. The van der Waals surface area contributed by atoms with Crippen molar-refractivity contribution >= 4 is 11.6 Å². The molecule has 0 aromatic heterocycles. The smallest absolute Gasteiger partial charge is 0.228 e. The Labute approximate surface area is 143 Å². The van der Waals surface area contributed by atoms with Crippen LogP contribution in [0.15, 0.2) is 47.2 Å². The molecule has 0 heterocycles. The van der Waals surface area contributed by atoms with Gasteiger partial charge in [0.05, 0.1) is 5.57 Å². The molecule has 0 radical (unpaired) electrons. The molecule has 0 saturated carbocycles. The maximum absolute atomic E-state index is 12.7. The average molecular weight is 324 g/mol. The molecule has 0 aliphatic heterocycles. The van der Waals surface area contributed by atoms with Crippen LogP contribution in [0.25, 0.3) is 0 Å². The first-order valence-corrected chi connectivity index (χ1v) is 8.57. The number of fused-ring (bicyclic) bond motifs is 1. The second-order valence-electron chi connectivity index (χ2n) is 7.91. The number of allylic oxidation sites excluding steroid dienone is 4. The zero-order valence-corrected chi connectivity index (χ0v) is 14.6. The molecule has 3 heteroatoms. The zero-order valence-electron chi connectivity index (χ0n) is 14.6. The molecule has 1 aromatic rings. The van der Waals surface area contributed by atoms with Gasteiger partial charge in [0, 0.05) is 17.5 Å². The normalized spacial score (nSPS) is 21.6. The third-order valence-corrected chi connectivity index (χ3v) is 5.32. The lowest BCUT2D eigenvalue weighted by Crippen LogP contribution is -2.24. The predicted octanol–water partition coefficient (Wildman–Crippen LogP) is 5.04. The topological polar surface area (TPSA) is 54.4 Å². The van der Waals surface area contributed by atoms with Gasteiger partial charge in [0.15, 0.2) is 11.5 Å². The van der Waals surface area contributed by atoms with Crippen molar-refractivity contribution in [3.63, 3.8) is 0 Å². The Balaban J connectivity index is 1.84. The summed E-state index contributed by atoms with van der Waals surface area (Å²) in [4.78, 5) is 25.0. The van der Waals surface area contributed by atoms with Crippen molar-refractivity contribution < 1.29 is 14.7 Å². The van der Waals surface area contributed by atoms with Crippen LogP contribution in [-0.4, -0.2) is 16.7 Å². The molecule has 1 atom stereocenters. The van der Waals surface area contributed by atoms with E-state index in [1.165, 1.54) is 0 Å². The van der Waals surface area contributed by atoms with Crippen LogP contribution in [0.4, 0.5) is 0 Å². The monoisotopic (exact) mass is 324 g/mol. The average Bonchev–Trinajstić information content (AvgIpc) is 2.56. The quantitative estimate of drug-likeness (QED) is 0.775. The molecular weight excluding hydrogens is 300 g/mol. The van der Waals surface area contributed by atoms with Crippen LogP contribution >= 0.6 is 0 Å². The Hall–Kier alpha value is -2.16. The largest absolute Gasteiger partial charge is 0.504 e. The maximum atomic E-state index is 12.7. The van der Waals surface area contributed by atoms with Crippen molar-refractivity contribution in [2.75, 3.05) is 0 Å². The minimum absolute atomic E-state index is 0.221. The van der Waals surface area contributed by atoms with E-state index in [1.807, 2.05) is 0 Å². The molecule has 1 unspecified atom stereocenters. The van der Waals surface area contributed by atoms with E-state index in [2.05, 4.69) is 26.8 Å². The highest BCUT2D eigenvalue weighted by molar-refractivity contribution is 6.26. The van der Waals surface area contributed by atoms with E-state index in [0.717, 1.165) is 24.8 Å². The van der Waals surface area contributed by atoms with Gasteiger partial charge in [-0.25, -0.2) is 0 Å². The summed E-state index contributed by atoms with van der Waals surface area (Å²) >= 11 is 0. The van der Waals surface area contributed by atoms with Gasteiger partial charge in [0.25, 0.3) is 0 Å². The van der Waals surface area contributed by atoms with Crippen molar-refractivity contribution in [1.82, 2.24) is 0 Å². The van der Waals surface area contributed by atoms with Crippen molar-refractivity contribution in [2.45, 2.75) is 46.5 Å². The molecule has 2 aliphatic rings. The van der Waals surface area contributed by atoms with Gasteiger partial charge >= 0.3 is 0 Å². The van der Waals surface area contributed by atoms with Crippen LogP contribution in [0.1, 0.15) is 67.2 Å². The Kier molecular flexibility index (Phi) is 4.20. The summed E-state index contributed by atoms with van der Waals surface area (Å²) in [5.74, 6) is -0.406. The first-order valence-electron chi connectivity index (χ1n) is 8.57. The Morgan fingerprint density at radius 2 is 1.71 bits per heavy atom. The van der Waals surface area contributed by atoms with Crippen LogP contribution in [0.3, 0.4) is 0 Å². The number of aliphatic hydroxyl groups excluding tert-OH is 1. The first kappa shape index (κ1) is 16.7. The van der Waals surface area contributed by atoms with Gasteiger partial charge in [-0.1, -0.05) is 56.7 Å². The third-order valence-electron chi connectivity index (χ3n) is 5.32. The summed E-state index contributed by atoms with van der Waals surface area (Å²) in [6, 6.07) is 6.71. The van der Waals surface area contributed by atoms with E-state index in [4.69, 9.17) is 0 Å². The highest BCUT2D eigenvalue weighted by atomic mass is 16.3. The molecule has 3 nitrogen and oxygen atoms in total. The van der Waals surface area contributed by atoms with Gasteiger partial charge in [-0.2, -0.15) is 0 Å². The third kappa shape index (κ3) is 2.95. The van der Waals surface area contributed by atoms with Gasteiger partial charge in [-0.05, 0) is 30.6 Å². The number of rotatable bonds is 2. The number of ketones is 2. The number of hydrogen-bond donors (Lipinski definition) is 1. The van der Waals surface area contributed by atoms with Crippen molar-refractivity contribution in [2.24, 2.45) is 11.3 Å². The van der Waals surface area contributed by atoms with Crippen LogP contribution in [0.5, 0.6) is 0 Å². The van der Waals surface area contributed by atoms with Crippen LogP contribution in [0, 0.1) is 11.3 Å². The Morgan fingerprint density at radius 3 is 2.25 bits per heavy atom. The van der Waals surface area contributed by atoms with Gasteiger partial charge in [-0.3, -0.25) is 9.59 Å². The van der Waals surface area contributed by atoms with Crippen molar-refractivity contribution in [1.29, 1.82) is 0 Å². The summed E-state index contributed by atoms with van der Waals surface area (Å²) in [6.07, 6.45) is 5.56. The molecule has 3 rings (SSSR count). The second-order valence-corrected chi connectivity index (χ2v) is 7.91. The van der Waals surface area contributed by atoms with E-state index in [-0.39, 0.29) is 22.5 Å². The highest BCUT2D eigenvalue weighted by Crippen LogP contribution is 2.39. The molecule has 2 aliphatic carbocycles. The van der Waals surface area contributed by atoms with Gasteiger partial charge in [0.2, 0.25) is 5.78 Å². The van der Waals surface area contributed by atoms with Crippen LogP contribution < -0.4 is 0 Å². The van der Waals surface area contributed by atoms with Crippen LogP contribution in [0.2, 0.25) is 0 Å².